The molecule has 0 aromatic heterocycles. The van der Waals surface area contributed by atoms with Crippen LogP contribution in [-0.2, 0) is 10.0 Å². The highest BCUT2D eigenvalue weighted by molar-refractivity contribution is 9.10. The van der Waals surface area contributed by atoms with E-state index >= 15 is 0 Å². The molecule has 1 saturated heterocycles. The number of hydrogen-bond donors (Lipinski definition) is 1. The Hall–Kier alpha value is -0.430. The van der Waals surface area contributed by atoms with Crippen molar-refractivity contribution in [2.75, 3.05) is 19.6 Å². The van der Waals surface area contributed by atoms with Crippen molar-refractivity contribution >= 4 is 26.0 Å². The second-order valence-electron chi connectivity index (χ2n) is 4.64. The number of benzene rings is 1. The van der Waals surface area contributed by atoms with Crippen LogP contribution in [-0.4, -0.2) is 32.4 Å². The van der Waals surface area contributed by atoms with Gasteiger partial charge in [-0.15, -0.1) is 0 Å². The fourth-order valence-corrected chi connectivity index (χ4v) is 4.71. The predicted molar refractivity (Wildman–Crippen MR) is 74.8 cm³/mol. The molecule has 18 heavy (non-hydrogen) atoms. The highest BCUT2D eigenvalue weighted by atomic mass is 79.9. The number of aryl methyl sites for hydroxylation is 1. The van der Waals surface area contributed by atoms with E-state index in [0.717, 1.165) is 12.0 Å². The summed E-state index contributed by atoms with van der Waals surface area (Å²) in [5, 5.41) is 0. The molecule has 0 aliphatic carbocycles. The maximum Gasteiger partial charge on any atom is 0.244 e. The lowest BCUT2D eigenvalue weighted by molar-refractivity contribution is 0.458. The van der Waals surface area contributed by atoms with Crippen LogP contribution in [0.15, 0.2) is 27.6 Å². The summed E-state index contributed by atoms with van der Waals surface area (Å²) >= 11 is 3.36. The van der Waals surface area contributed by atoms with Crippen molar-refractivity contribution in [1.29, 1.82) is 0 Å². The maximum atomic E-state index is 12.5. The molecule has 1 fully saturated rings. The number of nitrogens with two attached hydrogens (primary N) is 1. The number of nitrogens with zero attached hydrogens (tertiary/aromatic N) is 1. The minimum Gasteiger partial charge on any atom is -0.330 e. The van der Waals surface area contributed by atoms with Gasteiger partial charge >= 0.3 is 0 Å². The normalized spacial score (nSPS) is 21.4. The molecule has 0 radical (unpaired) electrons. The van der Waals surface area contributed by atoms with E-state index in [2.05, 4.69) is 15.9 Å². The summed E-state index contributed by atoms with van der Waals surface area (Å²) in [7, 11) is -3.40. The lowest BCUT2D eigenvalue weighted by Crippen LogP contribution is -2.30. The number of sulfonamides is 1. The molecule has 0 bridgehead atoms. The molecule has 1 aromatic carbocycles. The van der Waals surface area contributed by atoms with Gasteiger partial charge in [0.1, 0.15) is 0 Å². The third-order valence-corrected chi connectivity index (χ3v) is 6.58. The van der Waals surface area contributed by atoms with E-state index in [1.165, 1.54) is 4.31 Å². The third-order valence-electron chi connectivity index (χ3n) is 3.36. The molecule has 1 aromatic rings. The summed E-state index contributed by atoms with van der Waals surface area (Å²) in [6.45, 7) is 3.51. The van der Waals surface area contributed by atoms with Gasteiger partial charge in [-0.2, -0.15) is 4.31 Å². The molecule has 1 aliphatic heterocycles. The van der Waals surface area contributed by atoms with Crippen molar-refractivity contribution in [1.82, 2.24) is 4.31 Å². The zero-order chi connectivity index (χ0) is 13.3. The first-order valence-electron chi connectivity index (χ1n) is 5.92. The van der Waals surface area contributed by atoms with E-state index in [1.807, 2.05) is 13.0 Å². The standard InChI is InChI=1S/C12H17BrN2O2S/c1-9-3-2-4-11(12(9)13)18(16,17)15-6-5-10(7-14)8-15/h2-4,10H,5-8,14H2,1H3. The van der Waals surface area contributed by atoms with Gasteiger partial charge in [-0.05, 0) is 53.4 Å². The molecule has 2 rings (SSSR count). The van der Waals surface area contributed by atoms with E-state index in [4.69, 9.17) is 5.73 Å². The molecule has 1 atom stereocenters. The molecule has 4 nitrogen and oxygen atoms in total. The Balaban J connectivity index is 2.35. The molecule has 2 N–H and O–H groups in total. The molecular formula is C12H17BrN2O2S. The summed E-state index contributed by atoms with van der Waals surface area (Å²) in [5.41, 5.74) is 6.52. The lowest BCUT2D eigenvalue weighted by Gasteiger charge is -2.18. The Morgan fingerprint density at radius 1 is 1.50 bits per heavy atom. The highest BCUT2D eigenvalue weighted by Gasteiger charge is 2.33. The summed E-state index contributed by atoms with van der Waals surface area (Å²) in [5.74, 6) is 0.281. The van der Waals surface area contributed by atoms with Crippen LogP contribution in [0, 0.1) is 12.8 Å². The number of hydrogen-bond acceptors (Lipinski definition) is 3. The minimum atomic E-state index is -3.40. The molecule has 0 saturated carbocycles. The van der Waals surface area contributed by atoms with Crippen molar-refractivity contribution < 1.29 is 8.42 Å². The minimum absolute atomic E-state index is 0.281. The highest BCUT2D eigenvalue weighted by Crippen LogP contribution is 2.30. The zero-order valence-electron chi connectivity index (χ0n) is 10.3. The van der Waals surface area contributed by atoms with Crippen LogP contribution in [0.25, 0.3) is 0 Å². The van der Waals surface area contributed by atoms with Crippen LogP contribution in [0.2, 0.25) is 0 Å². The van der Waals surface area contributed by atoms with E-state index < -0.39 is 10.0 Å². The summed E-state index contributed by atoms with van der Waals surface area (Å²) in [4.78, 5) is 0.347. The molecule has 100 valence electrons. The molecule has 0 amide bonds. The lowest BCUT2D eigenvalue weighted by atomic mass is 10.1. The van der Waals surface area contributed by atoms with Crippen molar-refractivity contribution in [2.24, 2.45) is 11.7 Å². The second kappa shape index (κ2) is 5.28. The van der Waals surface area contributed by atoms with Gasteiger partial charge in [0.2, 0.25) is 10.0 Å². The van der Waals surface area contributed by atoms with Crippen LogP contribution in [0.4, 0.5) is 0 Å². The Bertz CT molecular complexity index is 545. The first-order chi connectivity index (χ1) is 8.46. The summed E-state index contributed by atoms with van der Waals surface area (Å²) < 4.78 is 27.2. The zero-order valence-corrected chi connectivity index (χ0v) is 12.7. The van der Waals surface area contributed by atoms with E-state index in [1.54, 1.807) is 12.1 Å². The Labute approximate surface area is 116 Å². The number of rotatable bonds is 3. The summed E-state index contributed by atoms with van der Waals surface area (Å²) in [6, 6.07) is 5.29. The van der Waals surface area contributed by atoms with Gasteiger partial charge in [-0.1, -0.05) is 12.1 Å². The van der Waals surface area contributed by atoms with Gasteiger partial charge in [0, 0.05) is 17.6 Å². The van der Waals surface area contributed by atoms with Crippen molar-refractivity contribution in [2.45, 2.75) is 18.2 Å². The summed E-state index contributed by atoms with van der Waals surface area (Å²) in [6.07, 6.45) is 0.846. The largest absolute Gasteiger partial charge is 0.330 e. The first-order valence-corrected chi connectivity index (χ1v) is 8.15. The van der Waals surface area contributed by atoms with Gasteiger partial charge in [0.15, 0.2) is 0 Å². The van der Waals surface area contributed by atoms with Crippen molar-refractivity contribution in [3.8, 4) is 0 Å². The molecule has 1 aliphatic rings. The first kappa shape index (κ1) is 14.0. The molecule has 0 spiro atoms. The SMILES string of the molecule is Cc1cccc(S(=O)(=O)N2CCC(CN)C2)c1Br. The predicted octanol–water partition coefficient (Wildman–Crippen LogP) is 1.73. The second-order valence-corrected chi connectivity index (χ2v) is 7.34. The monoisotopic (exact) mass is 332 g/mol. The van der Waals surface area contributed by atoms with Gasteiger partial charge in [0.25, 0.3) is 0 Å². The molecular weight excluding hydrogens is 316 g/mol. The fraction of sp³-hybridized carbons (Fsp3) is 0.500. The van der Waals surface area contributed by atoms with Crippen LogP contribution in [0.1, 0.15) is 12.0 Å². The van der Waals surface area contributed by atoms with Crippen molar-refractivity contribution in [3.63, 3.8) is 0 Å². The topological polar surface area (TPSA) is 63.4 Å². The van der Waals surface area contributed by atoms with Gasteiger partial charge in [-0.25, -0.2) is 8.42 Å². The van der Waals surface area contributed by atoms with Crippen LogP contribution >= 0.6 is 15.9 Å². The Morgan fingerprint density at radius 3 is 2.83 bits per heavy atom. The van der Waals surface area contributed by atoms with Crippen molar-refractivity contribution in [3.05, 3.63) is 28.2 Å². The van der Waals surface area contributed by atoms with E-state index in [-0.39, 0.29) is 5.92 Å². The van der Waals surface area contributed by atoms with Gasteiger partial charge in [0.05, 0.1) is 4.90 Å². The number of halogens is 1. The Kier molecular flexibility index (Phi) is 4.11. The van der Waals surface area contributed by atoms with Crippen LogP contribution in [0.3, 0.4) is 0 Å². The molecule has 1 heterocycles. The van der Waals surface area contributed by atoms with Gasteiger partial charge in [-0.3, -0.25) is 0 Å². The van der Waals surface area contributed by atoms with E-state index in [9.17, 15) is 8.42 Å². The smallest absolute Gasteiger partial charge is 0.244 e. The Morgan fingerprint density at radius 2 is 2.22 bits per heavy atom. The average Bonchev–Trinajstić information content (AvgIpc) is 2.81. The van der Waals surface area contributed by atoms with Crippen LogP contribution in [0.5, 0.6) is 0 Å². The quantitative estimate of drug-likeness (QED) is 0.916. The van der Waals surface area contributed by atoms with E-state index in [0.29, 0.717) is 29.0 Å². The van der Waals surface area contributed by atoms with Gasteiger partial charge < -0.3 is 5.73 Å². The average molecular weight is 333 g/mol. The maximum absolute atomic E-state index is 12.5. The molecule has 1 unspecified atom stereocenters. The third kappa shape index (κ3) is 2.47. The van der Waals surface area contributed by atoms with Crippen LogP contribution < -0.4 is 5.73 Å². The fourth-order valence-electron chi connectivity index (χ4n) is 2.17. The molecule has 6 heteroatoms.